The number of nitrogens with zero attached hydrogens (tertiary/aromatic N) is 3. The van der Waals surface area contributed by atoms with Gasteiger partial charge in [0.1, 0.15) is 5.82 Å². The first-order valence-corrected chi connectivity index (χ1v) is 10.4. The lowest BCUT2D eigenvalue weighted by Gasteiger charge is -2.09. The third-order valence-electron chi connectivity index (χ3n) is 3.86. The maximum absolute atomic E-state index is 12.3. The van der Waals surface area contributed by atoms with Crippen molar-refractivity contribution in [3.8, 4) is 0 Å². The molecule has 2 aromatic carbocycles. The Morgan fingerprint density at radius 2 is 1.96 bits per heavy atom. The average molecular weight is 415 g/mol. The number of fused-ring (bicyclic) bond motifs is 1. The summed E-state index contributed by atoms with van der Waals surface area (Å²) in [5.41, 5.74) is 1.91. The van der Waals surface area contributed by atoms with Crippen LogP contribution in [-0.2, 0) is 11.3 Å². The Balaban J connectivity index is 1.38. The summed E-state index contributed by atoms with van der Waals surface area (Å²) in [7, 11) is 0. The molecular weight excluding hydrogens is 400 g/mol. The van der Waals surface area contributed by atoms with Gasteiger partial charge in [-0.1, -0.05) is 53.7 Å². The molecule has 8 heteroatoms. The summed E-state index contributed by atoms with van der Waals surface area (Å²) in [6, 6.07) is 17.3. The minimum absolute atomic E-state index is 0.0971. The number of para-hydroxylation sites is 1. The van der Waals surface area contributed by atoms with Gasteiger partial charge in [-0.25, -0.2) is 9.67 Å². The second kappa shape index (κ2) is 8.12. The van der Waals surface area contributed by atoms with Crippen LogP contribution >= 0.6 is 34.7 Å². The van der Waals surface area contributed by atoms with Crippen molar-refractivity contribution in [3.05, 3.63) is 71.4 Å². The zero-order chi connectivity index (χ0) is 18.6. The van der Waals surface area contributed by atoms with Gasteiger partial charge in [-0.2, -0.15) is 5.10 Å². The number of halogens is 1. The molecule has 1 amide bonds. The second-order valence-corrected chi connectivity index (χ2v) is 8.41. The van der Waals surface area contributed by atoms with E-state index in [4.69, 9.17) is 11.6 Å². The molecule has 0 aliphatic rings. The minimum Gasteiger partial charge on any atom is -0.310 e. The summed E-state index contributed by atoms with van der Waals surface area (Å²) in [6.45, 7) is 0.493. The number of nitrogens with one attached hydrogen (secondary N) is 1. The van der Waals surface area contributed by atoms with Crippen LogP contribution in [0.2, 0.25) is 5.02 Å². The van der Waals surface area contributed by atoms with Gasteiger partial charge in [0, 0.05) is 11.1 Å². The highest BCUT2D eigenvalue weighted by atomic mass is 35.5. The van der Waals surface area contributed by atoms with E-state index >= 15 is 0 Å². The molecule has 0 aliphatic heterocycles. The molecule has 0 saturated carbocycles. The molecule has 2 heterocycles. The molecule has 0 bridgehead atoms. The van der Waals surface area contributed by atoms with Gasteiger partial charge in [0.25, 0.3) is 0 Å². The van der Waals surface area contributed by atoms with Crippen molar-refractivity contribution >= 4 is 56.6 Å². The van der Waals surface area contributed by atoms with E-state index in [0.29, 0.717) is 17.4 Å². The molecule has 1 N–H and O–H groups in total. The smallest absolute Gasteiger partial charge is 0.235 e. The van der Waals surface area contributed by atoms with Gasteiger partial charge >= 0.3 is 0 Å². The van der Waals surface area contributed by atoms with Crippen LogP contribution in [0.1, 0.15) is 5.56 Å². The molecular formula is C19H15ClN4OS2. The van der Waals surface area contributed by atoms with Gasteiger partial charge < -0.3 is 5.32 Å². The summed E-state index contributed by atoms with van der Waals surface area (Å²) >= 11 is 9.24. The Labute approximate surface area is 169 Å². The number of amides is 1. The van der Waals surface area contributed by atoms with Gasteiger partial charge in [-0.15, -0.1) is 11.3 Å². The predicted octanol–water partition coefficient (Wildman–Crippen LogP) is 4.93. The molecule has 0 radical (unpaired) electrons. The zero-order valence-corrected chi connectivity index (χ0v) is 16.5. The maximum Gasteiger partial charge on any atom is 0.235 e. The Morgan fingerprint density at radius 1 is 1.15 bits per heavy atom. The van der Waals surface area contributed by atoms with Gasteiger partial charge in [-0.3, -0.25) is 4.79 Å². The highest BCUT2D eigenvalue weighted by molar-refractivity contribution is 8.01. The van der Waals surface area contributed by atoms with E-state index in [1.54, 1.807) is 28.3 Å². The molecule has 5 nitrogen and oxygen atoms in total. The first kappa shape index (κ1) is 18.0. The summed E-state index contributed by atoms with van der Waals surface area (Å²) < 4.78 is 3.73. The molecule has 4 rings (SSSR count). The van der Waals surface area contributed by atoms with Crippen molar-refractivity contribution in [1.82, 2.24) is 14.8 Å². The molecule has 0 atom stereocenters. The predicted molar refractivity (Wildman–Crippen MR) is 112 cm³/mol. The number of hydrogen-bond donors (Lipinski definition) is 1. The fourth-order valence-electron chi connectivity index (χ4n) is 2.57. The molecule has 0 saturated heterocycles. The van der Waals surface area contributed by atoms with E-state index in [1.165, 1.54) is 11.8 Å². The lowest BCUT2D eigenvalue weighted by atomic mass is 10.2. The topological polar surface area (TPSA) is 59.8 Å². The molecule has 27 heavy (non-hydrogen) atoms. The molecule has 4 aromatic rings. The lowest BCUT2D eigenvalue weighted by Crippen LogP contribution is -2.17. The summed E-state index contributed by atoms with van der Waals surface area (Å²) in [5, 5.41) is 7.87. The second-order valence-electron chi connectivity index (χ2n) is 5.75. The van der Waals surface area contributed by atoms with Crippen LogP contribution in [0.4, 0.5) is 5.82 Å². The molecule has 0 aliphatic carbocycles. The van der Waals surface area contributed by atoms with Crippen LogP contribution in [0.5, 0.6) is 0 Å². The van der Waals surface area contributed by atoms with Gasteiger partial charge in [0.2, 0.25) is 5.91 Å². The number of thiazole rings is 1. The van der Waals surface area contributed by atoms with Gasteiger partial charge in [0.15, 0.2) is 4.34 Å². The molecule has 2 aromatic heterocycles. The molecule has 136 valence electrons. The third-order valence-corrected chi connectivity index (χ3v) is 6.41. The van der Waals surface area contributed by atoms with E-state index in [1.807, 2.05) is 48.5 Å². The van der Waals surface area contributed by atoms with Crippen LogP contribution in [0, 0.1) is 0 Å². The first-order chi connectivity index (χ1) is 13.2. The van der Waals surface area contributed by atoms with Gasteiger partial charge in [0.05, 0.1) is 28.7 Å². The first-order valence-electron chi connectivity index (χ1n) is 8.22. The Bertz CT molecular complexity index is 1060. The minimum atomic E-state index is -0.0971. The van der Waals surface area contributed by atoms with E-state index in [2.05, 4.69) is 15.4 Å². The normalized spacial score (nSPS) is 11.0. The van der Waals surface area contributed by atoms with E-state index in [-0.39, 0.29) is 11.7 Å². The highest BCUT2D eigenvalue weighted by Gasteiger charge is 2.11. The van der Waals surface area contributed by atoms with Crippen LogP contribution in [0.15, 0.2) is 65.1 Å². The summed E-state index contributed by atoms with van der Waals surface area (Å²) in [5.74, 6) is 0.835. The number of anilines is 1. The van der Waals surface area contributed by atoms with E-state index in [9.17, 15) is 4.79 Å². The highest BCUT2D eigenvalue weighted by Crippen LogP contribution is 2.29. The van der Waals surface area contributed by atoms with Crippen LogP contribution < -0.4 is 5.32 Å². The number of benzene rings is 2. The maximum atomic E-state index is 12.3. The molecule has 0 unspecified atom stereocenters. The van der Waals surface area contributed by atoms with Crippen molar-refractivity contribution in [3.63, 3.8) is 0 Å². The zero-order valence-electron chi connectivity index (χ0n) is 14.1. The average Bonchev–Trinajstić information content (AvgIpc) is 3.28. The Hall–Kier alpha value is -2.35. The van der Waals surface area contributed by atoms with Gasteiger partial charge in [-0.05, 0) is 23.8 Å². The van der Waals surface area contributed by atoms with Crippen molar-refractivity contribution < 1.29 is 4.79 Å². The fraction of sp³-hybridized carbons (Fsp3) is 0.105. The number of rotatable bonds is 6. The van der Waals surface area contributed by atoms with Crippen LogP contribution in [0.3, 0.4) is 0 Å². The number of hydrogen-bond acceptors (Lipinski definition) is 5. The van der Waals surface area contributed by atoms with E-state index < -0.39 is 0 Å². The summed E-state index contributed by atoms with van der Waals surface area (Å²) in [6.07, 6.45) is 1.66. The third kappa shape index (κ3) is 4.32. The number of carbonyl (C=O) groups excluding carboxylic acids is 1. The standard InChI is InChI=1S/C19H15ClN4OS2/c20-14-6-2-1-5-13(14)11-24-17(9-10-21-24)23-18(25)12-26-19-22-15-7-3-4-8-16(15)27-19/h1-10H,11-12H2,(H,23,25). The number of aromatic nitrogens is 3. The van der Waals surface area contributed by atoms with Crippen LogP contribution in [-0.4, -0.2) is 26.4 Å². The SMILES string of the molecule is O=C(CSc1nc2ccccc2s1)Nc1ccnn1Cc1ccccc1Cl. The largest absolute Gasteiger partial charge is 0.310 e. The Morgan fingerprint density at radius 3 is 2.81 bits per heavy atom. The number of carbonyl (C=O) groups is 1. The monoisotopic (exact) mass is 414 g/mol. The summed E-state index contributed by atoms with van der Waals surface area (Å²) in [4.78, 5) is 16.9. The lowest BCUT2D eigenvalue weighted by molar-refractivity contribution is -0.113. The molecule has 0 spiro atoms. The van der Waals surface area contributed by atoms with Crippen LogP contribution in [0.25, 0.3) is 10.2 Å². The fourth-order valence-corrected chi connectivity index (χ4v) is 4.64. The Kier molecular flexibility index (Phi) is 5.42. The number of thioether (sulfide) groups is 1. The van der Waals surface area contributed by atoms with E-state index in [0.717, 1.165) is 20.1 Å². The van der Waals surface area contributed by atoms with Crippen molar-refractivity contribution in [2.24, 2.45) is 0 Å². The van der Waals surface area contributed by atoms with Crippen molar-refractivity contribution in [2.75, 3.05) is 11.1 Å². The van der Waals surface area contributed by atoms with Crippen molar-refractivity contribution in [2.45, 2.75) is 10.9 Å². The molecule has 0 fully saturated rings. The van der Waals surface area contributed by atoms with Crippen molar-refractivity contribution in [1.29, 1.82) is 0 Å². The quantitative estimate of drug-likeness (QED) is 0.454.